The Labute approximate surface area is 152 Å². The van der Waals surface area contributed by atoms with Crippen molar-refractivity contribution in [2.45, 2.75) is 33.5 Å². The zero-order valence-electron chi connectivity index (χ0n) is 14.4. The van der Waals surface area contributed by atoms with E-state index in [9.17, 15) is 9.59 Å². The molecule has 1 saturated heterocycles. The van der Waals surface area contributed by atoms with Gasteiger partial charge in [-0.3, -0.25) is 9.69 Å². The molecule has 0 unspecified atom stereocenters. The van der Waals surface area contributed by atoms with E-state index < -0.39 is 0 Å². The first-order chi connectivity index (χ1) is 11.9. The van der Waals surface area contributed by atoms with Crippen LogP contribution in [0, 0.1) is 5.92 Å². The second-order valence-electron chi connectivity index (χ2n) is 6.63. The topological polar surface area (TPSA) is 58.4 Å². The largest absolute Gasteiger partial charge is 0.333 e. The van der Waals surface area contributed by atoms with Crippen LogP contribution < -0.4 is 0 Å². The van der Waals surface area contributed by atoms with Gasteiger partial charge in [0.2, 0.25) is 0 Å². The van der Waals surface area contributed by atoms with E-state index in [-0.39, 0.29) is 25.0 Å². The molecule has 0 N–H and O–H groups in total. The van der Waals surface area contributed by atoms with E-state index in [0.29, 0.717) is 17.5 Å². The standard InChI is InChI=1S/C18H21ClN4O2/c1-13(2)9-21-8-7-20-16(21)11-23-17(24)12-22(18(23)25)10-14-3-5-15(19)6-4-14/h3-8,13H,9-12H2,1-2H3. The van der Waals surface area contributed by atoms with Crippen molar-refractivity contribution in [3.63, 3.8) is 0 Å². The summed E-state index contributed by atoms with van der Waals surface area (Å²) in [5.74, 6) is 0.987. The molecule has 0 bridgehead atoms. The number of halogens is 1. The summed E-state index contributed by atoms with van der Waals surface area (Å²) in [6.07, 6.45) is 3.58. The normalized spacial score (nSPS) is 14.9. The van der Waals surface area contributed by atoms with Gasteiger partial charge in [-0.1, -0.05) is 37.6 Å². The highest BCUT2D eigenvalue weighted by molar-refractivity contribution is 6.30. The Morgan fingerprint density at radius 2 is 1.88 bits per heavy atom. The lowest BCUT2D eigenvalue weighted by atomic mass is 10.2. The molecule has 3 amide bonds. The number of rotatable bonds is 6. The highest BCUT2D eigenvalue weighted by atomic mass is 35.5. The van der Waals surface area contributed by atoms with Crippen molar-refractivity contribution in [2.24, 2.45) is 5.92 Å². The van der Waals surface area contributed by atoms with Crippen LogP contribution >= 0.6 is 11.6 Å². The number of carbonyl (C=O) groups is 2. The van der Waals surface area contributed by atoms with Crippen molar-refractivity contribution in [3.05, 3.63) is 53.1 Å². The lowest BCUT2D eigenvalue weighted by Crippen LogP contribution is -2.33. The Hall–Kier alpha value is -2.34. The molecule has 0 atom stereocenters. The zero-order valence-corrected chi connectivity index (χ0v) is 15.1. The number of imidazole rings is 1. The van der Waals surface area contributed by atoms with E-state index in [1.54, 1.807) is 23.2 Å². The molecular weight excluding hydrogens is 340 g/mol. The van der Waals surface area contributed by atoms with Crippen LogP contribution in [0.15, 0.2) is 36.7 Å². The van der Waals surface area contributed by atoms with Crippen molar-refractivity contribution in [1.82, 2.24) is 19.4 Å². The van der Waals surface area contributed by atoms with Crippen molar-refractivity contribution < 1.29 is 9.59 Å². The highest BCUT2D eigenvalue weighted by Crippen LogP contribution is 2.18. The number of nitrogens with zero attached hydrogens (tertiary/aromatic N) is 4. The van der Waals surface area contributed by atoms with E-state index >= 15 is 0 Å². The zero-order chi connectivity index (χ0) is 18.0. The Kier molecular flexibility index (Phi) is 5.08. The third kappa shape index (κ3) is 4.02. The number of hydrogen-bond acceptors (Lipinski definition) is 3. The maximum Gasteiger partial charge on any atom is 0.327 e. The second kappa shape index (κ2) is 7.27. The van der Waals surface area contributed by atoms with Crippen LogP contribution in [-0.4, -0.2) is 37.8 Å². The van der Waals surface area contributed by atoms with Gasteiger partial charge in [-0.05, 0) is 23.6 Å². The van der Waals surface area contributed by atoms with Crippen LogP contribution in [0.25, 0.3) is 0 Å². The molecule has 6 nitrogen and oxygen atoms in total. The van der Waals surface area contributed by atoms with E-state index in [4.69, 9.17) is 11.6 Å². The quantitative estimate of drug-likeness (QED) is 0.743. The van der Waals surface area contributed by atoms with Crippen LogP contribution in [0.5, 0.6) is 0 Å². The van der Waals surface area contributed by atoms with Gasteiger partial charge in [0.05, 0.1) is 6.54 Å². The second-order valence-corrected chi connectivity index (χ2v) is 7.07. The van der Waals surface area contributed by atoms with E-state index in [2.05, 4.69) is 18.8 Å². The van der Waals surface area contributed by atoms with Crippen LogP contribution in [0.2, 0.25) is 5.02 Å². The molecule has 7 heteroatoms. The van der Waals surface area contributed by atoms with Gasteiger partial charge < -0.3 is 9.47 Å². The van der Waals surface area contributed by atoms with Gasteiger partial charge >= 0.3 is 6.03 Å². The Balaban J connectivity index is 1.69. The maximum absolute atomic E-state index is 12.6. The molecule has 0 aliphatic carbocycles. The van der Waals surface area contributed by atoms with Crippen molar-refractivity contribution >= 4 is 23.5 Å². The molecule has 1 fully saturated rings. The van der Waals surface area contributed by atoms with Gasteiger partial charge in [-0.25, -0.2) is 9.78 Å². The molecule has 0 radical (unpaired) electrons. The number of benzene rings is 1. The van der Waals surface area contributed by atoms with Gasteiger partial charge in [0.1, 0.15) is 12.4 Å². The molecule has 3 rings (SSSR count). The third-order valence-electron chi connectivity index (χ3n) is 4.08. The molecule has 132 valence electrons. The summed E-state index contributed by atoms with van der Waals surface area (Å²) >= 11 is 5.88. The number of aromatic nitrogens is 2. The van der Waals surface area contributed by atoms with E-state index in [1.807, 2.05) is 22.9 Å². The number of imide groups is 1. The number of amides is 3. The van der Waals surface area contributed by atoms with Crippen molar-refractivity contribution in [2.75, 3.05) is 6.54 Å². The fraction of sp³-hybridized carbons (Fsp3) is 0.389. The first-order valence-electron chi connectivity index (χ1n) is 8.27. The Morgan fingerprint density at radius 1 is 1.16 bits per heavy atom. The lowest BCUT2D eigenvalue weighted by molar-refractivity contribution is -0.125. The summed E-state index contributed by atoms with van der Waals surface area (Å²) in [5, 5.41) is 0.645. The van der Waals surface area contributed by atoms with Gasteiger partial charge in [-0.15, -0.1) is 0 Å². The van der Waals surface area contributed by atoms with Crippen LogP contribution in [0.3, 0.4) is 0 Å². The average Bonchev–Trinajstić information content (AvgIpc) is 3.09. The molecule has 1 aromatic heterocycles. The summed E-state index contributed by atoms with van der Waals surface area (Å²) in [6, 6.07) is 6.99. The lowest BCUT2D eigenvalue weighted by Gasteiger charge is -2.18. The van der Waals surface area contributed by atoms with Gasteiger partial charge in [0.15, 0.2) is 0 Å². The third-order valence-corrected chi connectivity index (χ3v) is 4.33. The molecule has 2 heterocycles. The molecular formula is C18H21ClN4O2. The smallest absolute Gasteiger partial charge is 0.327 e. The summed E-state index contributed by atoms with van der Waals surface area (Å²) in [4.78, 5) is 32.0. The highest BCUT2D eigenvalue weighted by Gasteiger charge is 2.36. The first kappa shape index (κ1) is 17.5. The van der Waals surface area contributed by atoms with Crippen molar-refractivity contribution in [1.29, 1.82) is 0 Å². The monoisotopic (exact) mass is 360 g/mol. The fourth-order valence-corrected chi connectivity index (χ4v) is 3.00. The number of carbonyl (C=O) groups excluding carboxylic acids is 2. The van der Waals surface area contributed by atoms with Gasteiger partial charge in [0, 0.05) is 30.5 Å². The minimum Gasteiger partial charge on any atom is -0.333 e. The van der Waals surface area contributed by atoms with Crippen LogP contribution in [0.1, 0.15) is 25.2 Å². The molecule has 1 aromatic carbocycles. The summed E-state index contributed by atoms with van der Waals surface area (Å²) in [7, 11) is 0. The van der Waals surface area contributed by atoms with Crippen LogP contribution in [0.4, 0.5) is 4.79 Å². The van der Waals surface area contributed by atoms with Gasteiger partial charge in [0.25, 0.3) is 5.91 Å². The SMILES string of the molecule is CC(C)Cn1ccnc1CN1C(=O)CN(Cc2ccc(Cl)cc2)C1=O. The summed E-state index contributed by atoms with van der Waals surface area (Å²) in [5.41, 5.74) is 0.939. The number of hydrogen-bond donors (Lipinski definition) is 0. The molecule has 0 spiro atoms. The van der Waals surface area contributed by atoms with Crippen molar-refractivity contribution in [3.8, 4) is 0 Å². The van der Waals surface area contributed by atoms with E-state index in [1.165, 1.54) is 4.90 Å². The molecule has 25 heavy (non-hydrogen) atoms. The predicted molar refractivity (Wildman–Crippen MR) is 94.9 cm³/mol. The minimum atomic E-state index is -0.279. The van der Waals surface area contributed by atoms with E-state index in [0.717, 1.165) is 17.9 Å². The Bertz CT molecular complexity index is 770. The summed E-state index contributed by atoms with van der Waals surface area (Å²) in [6.45, 7) is 5.72. The number of urea groups is 1. The van der Waals surface area contributed by atoms with Gasteiger partial charge in [-0.2, -0.15) is 0 Å². The molecule has 1 aliphatic rings. The van der Waals surface area contributed by atoms with Crippen LogP contribution in [-0.2, 0) is 24.4 Å². The molecule has 1 aliphatic heterocycles. The average molecular weight is 361 g/mol. The molecule has 2 aromatic rings. The first-order valence-corrected chi connectivity index (χ1v) is 8.65. The fourth-order valence-electron chi connectivity index (χ4n) is 2.88. The molecule has 0 saturated carbocycles. The summed E-state index contributed by atoms with van der Waals surface area (Å²) < 4.78 is 1.99. The Morgan fingerprint density at radius 3 is 2.56 bits per heavy atom. The maximum atomic E-state index is 12.6. The predicted octanol–water partition coefficient (Wildman–Crippen LogP) is 3.16. The minimum absolute atomic E-state index is 0.0896.